The fourth-order valence-corrected chi connectivity index (χ4v) is 3.77. The molecule has 0 saturated carbocycles. The first-order chi connectivity index (χ1) is 14.0. The molecule has 3 aromatic rings. The maximum absolute atomic E-state index is 12.1. The summed E-state index contributed by atoms with van der Waals surface area (Å²) < 4.78 is 7.63. The van der Waals surface area contributed by atoms with Gasteiger partial charge < -0.3 is 4.74 Å². The number of para-hydroxylation sites is 1. The molecule has 29 heavy (non-hydrogen) atoms. The quantitative estimate of drug-likeness (QED) is 0.361. The summed E-state index contributed by atoms with van der Waals surface area (Å²) in [5, 5.41) is 0. The van der Waals surface area contributed by atoms with E-state index in [9.17, 15) is 4.79 Å². The lowest BCUT2D eigenvalue weighted by atomic mass is 9.81. The third kappa shape index (κ3) is 3.61. The molecule has 0 radical (unpaired) electrons. The van der Waals surface area contributed by atoms with Crippen LogP contribution in [0.15, 0.2) is 79.0 Å². The van der Waals surface area contributed by atoms with Crippen molar-refractivity contribution in [1.82, 2.24) is 4.98 Å². The number of carbonyl (C=O) groups is 1. The molecule has 0 fully saturated rings. The van der Waals surface area contributed by atoms with Crippen LogP contribution in [0.3, 0.4) is 0 Å². The maximum atomic E-state index is 12.1. The zero-order chi connectivity index (χ0) is 20.4. The maximum Gasteiger partial charge on any atom is 0.362 e. The molecule has 0 aliphatic carbocycles. The molecule has 2 heterocycles. The van der Waals surface area contributed by atoms with Gasteiger partial charge >= 0.3 is 5.97 Å². The number of pyridine rings is 1. The van der Waals surface area contributed by atoms with Gasteiger partial charge in [-0.05, 0) is 49.8 Å². The molecular weight excluding hydrogens is 360 g/mol. The lowest BCUT2D eigenvalue weighted by molar-refractivity contribution is -0.401. The Kier molecular flexibility index (Phi) is 4.85. The molecule has 0 spiro atoms. The van der Waals surface area contributed by atoms with Gasteiger partial charge in [0, 0.05) is 23.9 Å². The zero-order valence-electron chi connectivity index (χ0n) is 16.8. The highest BCUT2D eigenvalue weighted by Gasteiger charge is 2.42. The number of hydrogen-bond acceptors (Lipinski definition) is 3. The first kappa shape index (κ1) is 18.8. The molecule has 0 saturated heterocycles. The van der Waals surface area contributed by atoms with E-state index in [4.69, 9.17) is 4.74 Å². The molecule has 4 heteroatoms. The molecular formula is C25H23N2O2+. The van der Waals surface area contributed by atoms with Gasteiger partial charge in [0.25, 0.3) is 0 Å². The minimum absolute atomic E-state index is 0.0556. The van der Waals surface area contributed by atoms with Crippen molar-refractivity contribution in [1.29, 1.82) is 0 Å². The molecule has 2 aromatic carbocycles. The highest BCUT2D eigenvalue weighted by Crippen LogP contribution is 2.39. The minimum atomic E-state index is -0.462. The van der Waals surface area contributed by atoms with Gasteiger partial charge in [-0.25, -0.2) is 9.78 Å². The summed E-state index contributed by atoms with van der Waals surface area (Å²) >= 11 is 0. The Morgan fingerprint density at radius 3 is 2.38 bits per heavy atom. The van der Waals surface area contributed by atoms with Crippen molar-refractivity contribution in [3.8, 4) is 5.75 Å². The number of benzene rings is 2. The van der Waals surface area contributed by atoms with Crippen molar-refractivity contribution >= 4 is 23.4 Å². The number of hydrogen-bond donors (Lipinski definition) is 0. The SMILES string of the molecule is C[N+]1=C(/C=C/c2ccc(OC(=O)c3ccccn3)cc2)C(C)(C)c2ccccc21. The summed E-state index contributed by atoms with van der Waals surface area (Å²) in [5.41, 5.74) is 5.09. The van der Waals surface area contributed by atoms with E-state index in [-0.39, 0.29) is 5.41 Å². The Morgan fingerprint density at radius 1 is 0.966 bits per heavy atom. The highest BCUT2D eigenvalue weighted by molar-refractivity contribution is 6.05. The van der Waals surface area contributed by atoms with Crippen LogP contribution in [-0.4, -0.2) is 28.3 Å². The Bertz CT molecular complexity index is 1110. The smallest absolute Gasteiger partial charge is 0.362 e. The second-order valence-corrected chi connectivity index (χ2v) is 7.59. The van der Waals surface area contributed by atoms with E-state index in [0.29, 0.717) is 11.4 Å². The number of esters is 1. The fourth-order valence-electron chi connectivity index (χ4n) is 3.77. The van der Waals surface area contributed by atoms with Crippen LogP contribution in [0.1, 0.15) is 35.5 Å². The van der Waals surface area contributed by atoms with E-state index in [1.54, 1.807) is 36.5 Å². The summed E-state index contributed by atoms with van der Waals surface area (Å²) in [6.07, 6.45) is 5.82. The standard InChI is InChI=1S/C25H23N2O2/c1-25(2)20-8-4-5-10-22(20)27(3)23(25)16-13-18-11-14-19(15-12-18)29-24(28)21-9-6-7-17-26-21/h4-17H,1-3H3/q+1/b16-13+. The normalized spacial score (nSPS) is 14.9. The number of allylic oxidation sites excluding steroid dienone is 1. The number of fused-ring (bicyclic) bond motifs is 1. The average Bonchev–Trinajstić information content (AvgIpc) is 2.94. The van der Waals surface area contributed by atoms with E-state index >= 15 is 0 Å². The highest BCUT2D eigenvalue weighted by atomic mass is 16.5. The van der Waals surface area contributed by atoms with Crippen LogP contribution in [0.4, 0.5) is 5.69 Å². The van der Waals surface area contributed by atoms with E-state index in [1.807, 2.05) is 12.1 Å². The molecule has 0 amide bonds. The fraction of sp³-hybridized carbons (Fsp3) is 0.160. The van der Waals surface area contributed by atoms with Gasteiger partial charge in [-0.3, -0.25) is 0 Å². The molecule has 1 aromatic heterocycles. The summed E-state index contributed by atoms with van der Waals surface area (Å²) in [6.45, 7) is 4.49. The molecule has 0 atom stereocenters. The second-order valence-electron chi connectivity index (χ2n) is 7.59. The van der Waals surface area contributed by atoms with E-state index in [2.05, 4.69) is 66.9 Å². The van der Waals surface area contributed by atoms with Crippen LogP contribution in [0.2, 0.25) is 0 Å². The Balaban J connectivity index is 1.50. The lowest BCUT2D eigenvalue weighted by Crippen LogP contribution is -2.26. The van der Waals surface area contributed by atoms with E-state index < -0.39 is 5.97 Å². The van der Waals surface area contributed by atoms with Crippen LogP contribution in [0, 0.1) is 0 Å². The summed E-state index contributed by atoms with van der Waals surface area (Å²) in [4.78, 5) is 16.1. The summed E-state index contributed by atoms with van der Waals surface area (Å²) in [5.74, 6) is 0.0349. The van der Waals surface area contributed by atoms with Crippen LogP contribution < -0.4 is 4.74 Å². The van der Waals surface area contributed by atoms with Crippen molar-refractivity contribution in [3.05, 3.63) is 95.8 Å². The van der Waals surface area contributed by atoms with E-state index in [1.165, 1.54) is 17.0 Å². The number of rotatable bonds is 4. The van der Waals surface area contributed by atoms with Crippen molar-refractivity contribution < 1.29 is 14.1 Å². The molecule has 4 rings (SSSR count). The van der Waals surface area contributed by atoms with Crippen LogP contribution in [-0.2, 0) is 5.41 Å². The third-order valence-electron chi connectivity index (χ3n) is 5.34. The van der Waals surface area contributed by atoms with Crippen LogP contribution >= 0.6 is 0 Å². The summed E-state index contributed by atoms with van der Waals surface area (Å²) in [6, 6.07) is 21.1. The Hall–Kier alpha value is -3.53. The third-order valence-corrected chi connectivity index (χ3v) is 5.34. The Morgan fingerprint density at radius 2 is 1.69 bits per heavy atom. The van der Waals surface area contributed by atoms with Gasteiger partial charge in [-0.2, -0.15) is 4.58 Å². The van der Waals surface area contributed by atoms with Gasteiger partial charge in [0.1, 0.15) is 18.5 Å². The zero-order valence-corrected chi connectivity index (χ0v) is 16.8. The predicted molar refractivity (Wildman–Crippen MR) is 115 cm³/mol. The molecule has 4 nitrogen and oxygen atoms in total. The summed E-state index contributed by atoms with van der Waals surface area (Å²) in [7, 11) is 2.10. The molecule has 144 valence electrons. The van der Waals surface area contributed by atoms with Gasteiger partial charge in [-0.15, -0.1) is 0 Å². The van der Waals surface area contributed by atoms with Crippen molar-refractivity contribution in [3.63, 3.8) is 0 Å². The molecule has 0 N–H and O–H groups in total. The van der Waals surface area contributed by atoms with Gasteiger partial charge in [0.05, 0.1) is 5.41 Å². The minimum Gasteiger partial charge on any atom is -0.422 e. The number of aromatic nitrogens is 1. The molecule has 1 aliphatic rings. The molecule has 0 unspecified atom stereocenters. The molecule has 1 aliphatic heterocycles. The second kappa shape index (κ2) is 7.47. The number of ether oxygens (including phenoxy) is 1. The lowest BCUT2D eigenvalue weighted by Gasteiger charge is -2.15. The van der Waals surface area contributed by atoms with Crippen LogP contribution in [0.25, 0.3) is 6.08 Å². The largest absolute Gasteiger partial charge is 0.422 e. The predicted octanol–water partition coefficient (Wildman–Crippen LogP) is 5.02. The van der Waals surface area contributed by atoms with Gasteiger partial charge in [0.15, 0.2) is 5.71 Å². The number of carbonyl (C=O) groups excluding carboxylic acids is 1. The van der Waals surface area contributed by atoms with E-state index in [0.717, 1.165) is 5.56 Å². The van der Waals surface area contributed by atoms with Gasteiger partial charge in [-0.1, -0.05) is 36.4 Å². The topological polar surface area (TPSA) is 42.2 Å². The van der Waals surface area contributed by atoms with Crippen molar-refractivity contribution in [2.24, 2.45) is 0 Å². The van der Waals surface area contributed by atoms with Crippen molar-refractivity contribution in [2.75, 3.05) is 7.05 Å². The van der Waals surface area contributed by atoms with Crippen LogP contribution in [0.5, 0.6) is 5.75 Å². The average molecular weight is 383 g/mol. The van der Waals surface area contributed by atoms with Crippen molar-refractivity contribution in [2.45, 2.75) is 19.3 Å². The first-order valence-corrected chi connectivity index (χ1v) is 9.59. The molecule has 0 bridgehead atoms. The first-order valence-electron chi connectivity index (χ1n) is 9.59. The Labute approximate surface area is 170 Å². The monoisotopic (exact) mass is 383 g/mol. The number of nitrogens with zero attached hydrogens (tertiary/aromatic N) is 2. The van der Waals surface area contributed by atoms with Gasteiger partial charge in [0.2, 0.25) is 5.69 Å².